The molecule has 0 heterocycles. The smallest absolute Gasteiger partial charge is 0.324 e. The predicted molar refractivity (Wildman–Crippen MR) is 55.2 cm³/mol. The fourth-order valence-electron chi connectivity index (χ4n) is 1.35. The molecule has 0 aliphatic carbocycles. The first-order chi connectivity index (χ1) is 6.49. The first kappa shape index (κ1) is 13.1. The van der Waals surface area contributed by atoms with E-state index in [9.17, 15) is 4.79 Å². The van der Waals surface area contributed by atoms with Gasteiger partial charge in [0, 0.05) is 5.54 Å². The van der Waals surface area contributed by atoms with Crippen LogP contribution in [-0.2, 0) is 4.79 Å². The standard InChI is InChI=1S/C10H19NO3/c1-4-6-10(3,7-12)11-8(5-2)9(13)14/h5,8,11-12H,2,4,6-7H2,1,3H3,(H,13,14). The number of aliphatic carboxylic acids is 1. The zero-order valence-corrected chi connectivity index (χ0v) is 8.79. The maximum Gasteiger partial charge on any atom is 0.324 e. The molecule has 0 aliphatic heterocycles. The van der Waals surface area contributed by atoms with Crippen molar-refractivity contribution in [1.29, 1.82) is 0 Å². The van der Waals surface area contributed by atoms with Crippen molar-refractivity contribution < 1.29 is 15.0 Å². The summed E-state index contributed by atoms with van der Waals surface area (Å²) >= 11 is 0. The van der Waals surface area contributed by atoms with Crippen LogP contribution in [0.25, 0.3) is 0 Å². The van der Waals surface area contributed by atoms with Gasteiger partial charge < -0.3 is 10.2 Å². The van der Waals surface area contributed by atoms with Crippen LogP contribution in [-0.4, -0.2) is 34.4 Å². The molecule has 0 fully saturated rings. The van der Waals surface area contributed by atoms with Crippen molar-refractivity contribution in [1.82, 2.24) is 5.32 Å². The van der Waals surface area contributed by atoms with Gasteiger partial charge >= 0.3 is 5.97 Å². The molecule has 0 radical (unpaired) electrons. The topological polar surface area (TPSA) is 69.6 Å². The number of aliphatic hydroxyl groups is 1. The molecule has 2 unspecified atom stereocenters. The molecule has 0 rings (SSSR count). The second kappa shape index (κ2) is 5.78. The lowest BCUT2D eigenvalue weighted by Crippen LogP contribution is -2.52. The van der Waals surface area contributed by atoms with Gasteiger partial charge in [-0.05, 0) is 13.3 Å². The molecule has 14 heavy (non-hydrogen) atoms. The Morgan fingerprint density at radius 3 is 2.57 bits per heavy atom. The molecule has 2 atom stereocenters. The second-order valence-electron chi connectivity index (χ2n) is 3.66. The summed E-state index contributed by atoms with van der Waals surface area (Å²) in [6, 6.07) is -0.807. The molecule has 0 aromatic rings. The molecule has 0 spiro atoms. The SMILES string of the molecule is C=CC(NC(C)(CO)CCC)C(=O)O. The number of rotatable bonds is 7. The van der Waals surface area contributed by atoms with Gasteiger partial charge in [0.1, 0.15) is 6.04 Å². The minimum absolute atomic E-state index is 0.0849. The van der Waals surface area contributed by atoms with E-state index in [1.165, 1.54) is 6.08 Å². The predicted octanol–water partition coefficient (Wildman–Crippen LogP) is 0.766. The van der Waals surface area contributed by atoms with Crippen LogP contribution in [0, 0.1) is 0 Å². The zero-order valence-electron chi connectivity index (χ0n) is 8.79. The third-order valence-electron chi connectivity index (χ3n) is 2.16. The van der Waals surface area contributed by atoms with Crippen LogP contribution in [0.4, 0.5) is 0 Å². The maximum absolute atomic E-state index is 10.7. The van der Waals surface area contributed by atoms with Crippen LogP contribution in [0.3, 0.4) is 0 Å². The van der Waals surface area contributed by atoms with E-state index in [4.69, 9.17) is 10.2 Å². The molecule has 0 saturated carbocycles. The molecule has 3 N–H and O–H groups in total. The third kappa shape index (κ3) is 3.89. The van der Waals surface area contributed by atoms with Gasteiger partial charge in [0.05, 0.1) is 6.61 Å². The lowest BCUT2D eigenvalue weighted by atomic mass is 9.96. The first-order valence-corrected chi connectivity index (χ1v) is 4.73. The monoisotopic (exact) mass is 201 g/mol. The van der Waals surface area contributed by atoms with Crippen LogP contribution >= 0.6 is 0 Å². The van der Waals surface area contributed by atoms with Gasteiger partial charge in [-0.2, -0.15) is 0 Å². The number of nitrogens with one attached hydrogen (secondary N) is 1. The van der Waals surface area contributed by atoms with Gasteiger partial charge in [-0.25, -0.2) is 0 Å². The Morgan fingerprint density at radius 2 is 2.29 bits per heavy atom. The number of carboxylic acids is 1. The quantitative estimate of drug-likeness (QED) is 0.532. The molecule has 0 bridgehead atoms. The van der Waals surface area contributed by atoms with Crippen LogP contribution < -0.4 is 5.32 Å². The molecule has 4 heteroatoms. The average Bonchev–Trinajstić information content (AvgIpc) is 2.14. The minimum Gasteiger partial charge on any atom is -0.480 e. The first-order valence-electron chi connectivity index (χ1n) is 4.73. The summed E-state index contributed by atoms with van der Waals surface area (Å²) in [6.45, 7) is 7.14. The number of hydrogen-bond donors (Lipinski definition) is 3. The number of carboxylic acid groups (broad SMARTS) is 1. The zero-order chi connectivity index (χ0) is 11.2. The molecule has 0 aromatic heterocycles. The van der Waals surface area contributed by atoms with Crippen LogP contribution in [0.1, 0.15) is 26.7 Å². The highest BCUT2D eigenvalue weighted by atomic mass is 16.4. The highest BCUT2D eigenvalue weighted by Crippen LogP contribution is 2.12. The average molecular weight is 201 g/mol. The van der Waals surface area contributed by atoms with E-state index in [1.807, 2.05) is 6.92 Å². The molecular formula is C10H19NO3. The lowest BCUT2D eigenvalue weighted by molar-refractivity contribution is -0.138. The van der Waals surface area contributed by atoms with Gasteiger partial charge in [0.25, 0.3) is 0 Å². The Balaban J connectivity index is 4.41. The summed E-state index contributed by atoms with van der Waals surface area (Å²) in [7, 11) is 0. The number of carbonyl (C=O) groups is 1. The van der Waals surface area contributed by atoms with Gasteiger partial charge in [0.15, 0.2) is 0 Å². The third-order valence-corrected chi connectivity index (χ3v) is 2.16. The van der Waals surface area contributed by atoms with Crippen LogP contribution in [0.15, 0.2) is 12.7 Å². The second-order valence-corrected chi connectivity index (χ2v) is 3.66. The van der Waals surface area contributed by atoms with Crippen molar-refractivity contribution in [3.8, 4) is 0 Å². The molecule has 0 saturated heterocycles. The summed E-state index contributed by atoms with van der Waals surface area (Å²) in [5, 5.41) is 20.8. The fourth-order valence-corrected chi connectivity index (χ4v) is 1.35. The van der Waals surface area contributed by atoms with Gasteiger partial charge in [0.2, 0.25) is 0 Å². The number of aliphatic hydroxyl groups excluding tert-OH is 1. The van der Waals surface area contributed by atoms with E-state index in [0.717, 1.165) is 12.8 Å². The molecular weight excluding hydrogens is 182 g/mol. The van der Waals surface area contributed by atoms with Crippen LogP contribution in [0.5, 0.6) is 0 Å². The molecule has 4 nitrogen and oxygen atoms in total. The Hall–Kier alpha value is -0.870. The molecule has 0 aliphatic rings. The normalized spacial score (nSPS) is 17.1. The summed E-state index contributed by atoms with van der Waals surface area (Å²) in [5.74, 6) is -0.976. The van der Waals surface area contributed by atoms with E-state index < -0.39 is 17.6 Å². The molecule has 0 amide bonds. The van der Waals surface area contributed by atoms with Crippen molar-refractivity contribution in [3.63, 3.8) is 0 Å². The summed E-state index contributed by atoms with van der Waals surface area (Å²) < 4.78 is 0. The maximum atomic E-state index is 10.7. The molecule has 82 valence electrons. The van der Waals surface area contributed by atoms with E-state index in [0.29, 0.717) is 0 Å². The highest BCUT2D eigenvalue weighted by molar-refractivity contribution is 5.75. The van der Waals surface area contributed by atoms with Crippen molar-refractivity contribution in [3.05, 3.63) is 12.7 Å². The lowest BCUT2D eigenvalue weighted by Gasteiger charge is -2.30. The Morgan fingerprint density at radius 1 is 1.71 bits per heavy atom. The van der Waals surface area contributed by atoms with Gasteiger partial charge in [-0.15, -0.1) is 6.58 Å². The summed E-state index contributed by atoms with van der Waals surface area (Å²) in [6.07, 6.45) is 2.93. The van der Waals surface area contributed by atoms with E-state index in [2.05, 4.69) is 11.9 Å². The highest BCUT2D eigenvalue weighted by Gasteiger charge is 2.27. The van der Waals surface area contributed by atoms with Gasteiger partial charge in [-0.3, -0.25) is 10.1 Å². The van der Waals surface area contributed by atoms with E-state index in [1.54, 1.807) is 6.92 Å². The minimum atomic E-state index is -0.976. The Kier molecular flexibility index (Phi) is 5.42. The van der Waals surface area contributed by atoms with Crippen molar-refractivity contribution in [2.45, 2.75) is 38.3 Å². The van der Waals surface area contributed by atoms with Crippen molar-refractivity contribution >= 4 is 5.97 Å². The summed E-state index contributed by atoms with van der Waals surface area (Å²) in [4.78, 5) is 10.7. The van der Waals surface area contributed by atoms with E-state index >= 15 is 0 Å². The summed E-state index contributed by atoms with van der Waals surface area (Å²) in [5.41, 5.74) is -0.550. The number of hydrogen-bond acceptors (Lipinski definition) is 3. The van der Waals surface area contributed by atoms with Crippen LogP contribution in [0.2, 0.25) is 0 Å². The fraction of sp³-hybridized carbons (Fsp3) is 0.700. The van der Waals surface area contributed by atoms with Crippen molar-refractivity contribution in [2.75, 3.05) is 6.61 Å². The Bertz CT molecular complexity index is 206. The largest absolute Gasteiger partial charge is 0.480 e. The molecule has 0 aromatic carbocycles. The van der Waals surface area contributed by atoms with Gasteiger partial charge in [-0.1, -0.05) is 19.4 Å². The van der Waals surface area contributed by atoms with E-state index in [-0.39, 0.29) is 6.61 Å². The van der Waals surface area contributed by atoms with Crippen molar-refractivity contribution in [2.24, 2.45) is 0 Å². The Labute approximate surface area is 84.6 Å².